The lowest BCUT2D eigenvalue weighted by atomic mass is 10.1. The molecule has 0 bridgehead atoms. The first-order chi connectivity index (χ1) is 9.74. The largest absolute Gasteiger partial charge is 0.456 e. The molecule has 2 aromatic carbocycles. The number of halogens is 1. The normalized spacial score (nSPS) is 10.1. The van der Waals surface area contributed by atoms with Gasteiger partial charge in [0.25, 0.3) is 0 Å². The van der Waals surface area contributed by atoms with Crippen LogP contribution >= 0.6 is 11.6 Å². The molecule has 0 aliphatic carbocycles. The molecular formula is C16H14ClNO2. The Hall–Kier alpha value is -2.02. The van der Waals surface area contributed by atoms with Crippen molar-refractivity contribution in [2.24, 2.45) is 0 Å². The fraction of sp³-hybridized carbons (Fsp3) is 0.188. The summed E-state index contributed by atoms with van der Waals surface area (Å²) in [7, 11) is 1.68. The molecule has 2 aromatic rings. The fourth-order valence-corrected chi connectivity index (χ4v) is 1.98. The van der Waals surface area contributed by atoms with Gasteiger partial charge in [0.15, 0.2) is 0 Å². The van der Waals surface area contributed by atoms with Crippen molar-refractivity contribution in [2.75, 3.05) is 13.7 Å². The van der Waals surface area contributed by atoms with Gasteiger partial charge in [-0.05, 0) is 36.2 Å². The molecular weight excluding hydrogens is 274 g/mol. The van der Waals surface area contributed by atoms with Crippen LogP contribution in [0.4, 0.5) is 0 Å². The molecule has 102 valence electrons. The van der Waals surface area contributed by atoms with Crippen molar-refractivity contribution in [1.29, 1.82) is 5.26 Å². The first-order valence-corrected chi connectivity index (χ1v) is 6.56. The summed E-state index contributed by atoms with van der Waals surface area (Å²) in [6, 6.07) is 14.9. The summed E-state index contributed by atoms with van der Waals surface area (Å²) >= 11 is 5.96. The smallest absolute Gasteiger partial charge is 0.146 e. The van der Waals surface area contributed by atoms with Gasteiger partial charge in [0, 0.05) is 7.11 Å². The maximum Gasteiger partial charge on any atom is 0.146 e. The van der Waals surface area contributed by atoms with E-state index < -0.39 is 0 Å². The molecule has 0 heterocycles. The second-order valence-electron chi connectivity index (χ2n) is 4.21. The van der Waals surface area contributed by atoms with Gasteiger partial charge in [0.2, 0.25) is 0 Å². The fourth-order valence-electron chi connectivity index (χ4n) is 1.77. The van der Waals surface area contributed by atoms with Gasteiger partial charge in [-0.25, -0.2) is 0 Å². The van der Waals surface area contributed by atoms with E-state index in [-0.39, 0.29) is 0 Å². The third-order valence-corrected chi connectivity index (χ3v) is 3.15. The molecule has 0 saturated heterocycles. The molecule has 3 nitrogen and oxygen atoms in total. The van der Waals surface area contributed by atoms with Crippen LogP contribution in [0.5, 0.6) is 11.5 Å². The highest BCUT2D eigenvalue weighted by Gasteiger charge is 2.08. The number of hydrogen-bond donors (Lipinski definition) is 0. The Labute approximate surface area is 123 Å². The maximum absolute atomic E-state index is 9.09. The Morgan fingerprint density at radius 2 is 1.90 bits per heavy atom. The molecule has 0 aliphatic rings. The van der Waals surface area contributed by atoms with E-state index in [0.717, 1.165) is 6.42 Å². The van der Waals surface area contributed by atoms with E-state index in [9.17, 15) is 0 Å². The van der Waals surface area contributed by atoms with Gasteiger partial charge in [-0.1, -0.05) is 29.8 Å². The molecule has 0 N–H and O–H groups in total. The van der Waals surface area contributed by atoms with Crippen molar-refractivity contribution in [3.63, 3.8) is 0 Å². The van der Waals surface area contributed by atoms with Crippen LogP contribution in [-0.2, 0) is 11.2 Å². The molecule has 0 fully saturated rings. The summed E-state index contributed by atoms with van der Waals surface area (Å²) in [6.45, 7) is 0.688. The highest BCUT2D eigenvalue weighted by atomic mass is 35.5. The average molecular weight is 288 g/mol. The summed E-state index contributed by atoms with van der Waals surface area (Å²) in [5, 5.41) is 9.48. The van der Waals surface area contributed by atoms with Gasteiger partial charge in [0.05, 0.1) is 11.6 Å². The van der Waals surface area contributed by atoms with Crippen molar-refractivity contribution in [3.8, 4) is 17.6 Å². The standard InChI is InChI=1S/C16H14ClNO2/c1-19-10-9-12-5-7-13(8-6-12)20-16-4-2-3-15(17)14(16)11-18/h2-8H,9-10H2,1H3. The lowest BCUT2D eigenvalue weighted by Gasteiger charge is -2.09. The number of hydrogen-bond acceptors (Lipinski definition) is 3. The topological polar surface area (TPSA) is 42.2 Å². The van der Waals surface area contributed by atoms with E-state index in [1.165, 1.54) is 5.56 Å². The van der Waals surface area contributed by atoms with Gasteiger partial charge in [-0.15, -0.1) is 0 Å². The third kappa shape index (κ3) is 3.51. The number of ether oxygens (including phenoxy) is 2. The van der Waals surface area contributed by atoms with Crippen LogP contribution in [0.15, 0.2) is 42.5 Å². The van der Waals surface area contributed by atoms with E-state index >= 15 is 0 Å². The molecule has 0 saturated carbocycles. The van der Waals surface area contributed by atoms with E-state index in [1.54, 1.807) is 25.3 Å². The third-order valence-electron chi connectivity index (χ3n) is 2.83. The molecule has 2 rings (SSSR count). The van der Waals surface area contributed by atoms with Crippen LogP contribution in [0.3, 0.4) is 0 Å². The minimum absolute atomic E-state index is 0.345. The van der Waals surface area contributed by atoms with Gasteiger partial charge in [-0.2, -0.15) is 5.26 Å². The second-order valence-corrected chi connectivity index (χ2v) is 4.62. The van der Waals surface area contributed by atoms with Crippen molar-refractivity contribution in [2.45, 2.75) is 6.42 Å². The van der Waals surface area contributed by atoms with Gasteiger partial charge in [-0.3, -0.25) is 0 Å². The zero-order valence-electron chi connectivity index (χ0n) is 11.1. The number of nitriles is 1. The zero-order chi connectivity index (χ0) is 14.4. The van der Waals surface area contributed by atoms with Gasteiger partial charge in [0.1, 0.15) is 23.1 Å². The molecule has 0 amide bonds. The van der Waals surface area contributed by atoms with Crippen LogP contribution in [-0.4, -0.2) is 13.7 Å². The number of benzene rings is 2. The van der Waals surface area contributed by atoms with Crippen LogP contribution in [0.1, 0.15) is 11.1 Å². The predicted octanol–water partition coefficient (Wildman–Crippen LogP) is 4.19. The highest BCUT2D eigenvalue weighted by Crippen LogP contribution is 2.29. The Bertz CT molecular complexity index is 617. The Morgan fingerprint density at radius 1 is 1.15 bits per heavy atom. The summed E-state index contributed by atoms with van der Waals surface area (Å²) in [6.07, 6.45) is 0.859. The SMILES string of the molecule is COCCc1ccc(Oc2cccc(Cl)c2C#N)cc1. The van der Waals surface area contributed by atoms with Gasteiger partial charge < -0.3 is 9.47 Å². The van der Waals surface area contributed by atoms with Gasteiger partial charge >= 0.3 is 0 Å². The minimum Gasteiger partial charge on any atom is -0.456 e. The Morgan fingerprint density at radius 3 is 2.55 bits per heavy atom. The molecule has 0 aromatic heterocycles. The van der Waals surface area contributed by atoms with Crippen molar-refractivity contribution >= 4 is 11.6 Å². The summed E-state index contributed by atoms with van der Waals surface area (Å²) in [5.41, 5.74) is 1.52. The van der Waals surface area contributed by atoms with Crippen molar-refractivity contribution in [3.05, 3.63) is 58.6 Å². The van der Waals surface area contributed by atoms with E-state index in [0.29, 0.717) is 28.7 Å². The van der Waals surface area contributed by atoms with E-state index in [2.05, 4.69) is 0 Å². The molecule has 0 atom stereocenters. The minimum atomic E-state index is 0.345. The first-order valence-electron chi connectivity index (χ1n) is 6.19. The predicted molar refractivity (Wildman–Crippen MR) is 78.3 cm³/mol. The van der Waals surface area contributed by atoms with Crippen LogP contribution in [0, 0.1) is 11.3 Å². The quantitative estimate of drug-likeness (QED) is 0.828. The summed E-state index contributed by atoms with van der Waals surface area (Å²) in [4.78, 5) is 0. The van der Waals surface area contributed by atoms with E-state index in [4.69, 9.17) is 26.3 Å². The Balaban J connectivity index is 2.15. The molecule has 0 spiro atoms. The number of nitrogens with zero attached hydrogens (tertiary/aromatic N) is 1. The zero-order valence-corrected chi connectivity index (χ0v) is 11.9. The van der Waals surface area contributed by atoms with Crippen LogP contribution in [0.25, 0.3) is 0 Å². The molecule has 0 unspecified atom stereocenters. The first kappa shape index (κ1) is 14.4. The lowest BCUT2D eigenvalue weighted by molar-refractivity contribution is 0.202. The Kier molecular flexibility index (Phi) is 5.00. The molecule has 0 radical (unpaired) electrons. The monoisotopic (exact) mass is 287 g/mol. The lowest BCUT2D eigenvalue weighted by Crippen LogP contribution is -1.94. The average Bonchev–Trinajstić information content (AvgIpc) is 2.47. The molecule has 20 heavy (non-hydrogen) atoms. The van der Waals surface area contributed by atoms with Crippen molar-refractivity contribution in [1.82, 2.24) is 0 Å². The highest BCUT2D eigenvalue weighted by molar-refractivity contribution is 6.31. The van der Waals surface area contributed by atoms with E-state index in [1.807, 2.05) is 30.3 Å². The van der Waals surface area contributed by atoms with Crippen molar-refractivity contribution < 1.29 is 9.47 Å². The molecule has 4 heteroatoms. The molecule has 0 aliphatic heterocycles. The summed E-state index contributed by atoms with van der Waals surface area (Å²) in [5.74, 6) is 1.13. The maximum atomic E-state index is 9.09. The summed E-state index contributed by atoms with van der Waals surface area (Å²) < 4.78 is 10.7. The van der Waals surface area contributed by atoms with Crippen LogP contribution < -0.4 is 4.74 Å². The number of methoxy groups -OCH3 is 1. The number of rotatable bonds is 5. The second kappa shape index (κ2) is 6.95. The van der Waals surface area contributed by atoms with Crippen LogP contribution in [0.2, 0.25) is 5.02 Å².